The first-order valence-electron chi connectivity index (χ1n) is 4.91. The highest BCUT2D eigenvalue weighted by molar-refractivity contribution is 9.10. The molecule has 18 heavy (non-hydrogen) atoms. The molecule has 0 bridgehead atoms. The lowest BCUT2D eigenvalue weighted by Gasteiger charge is -2.07. The predicted octanol–water partition coefficient (Wildman–Crippen LogP) is 2.95. The third-order valence-corrected chi connectivity index (χ3v) is 3.71. The van der Waals surface area contributed by atoms with Crippen LogP contribution in [0.5, 0.6) is 0 Å². The smallest absolute Gasteiger partial charge is 0.313 e. The summed E-state index contributed by atoms with van der Waals surface area (Å²) in [7, 11) is 0. The Labute approximate surface area is 115 Å². The number of hydrogen-bond acceptors (Lipinski definition) is 3. The molecule has 4 nitrogen and oxygen atoms in total. The Morgan fingerprint density at radius 3 is 3.00 bits per heavy atom. The molecular weight excluding hydrogens is 323 g/mol. The molecule has 0 saturated heterocycles. The van der Waals surface area contributed by atoms with Gasteiger partial charge in [0.2, 0.25) is 0 Å². The van der Waals surface area contributed by atoms with Crippen LogP contribution in [0.15, 0.2) is 40.2 Å². The summed E-state index contributed by atoms with van der Waals surface area (Å²) in [6.45, 7) is 0. The largest absolute Gasteiger partial charge is 0.481 e. The summed E-state index contributed by atoms with van der Waals surface area (Å²) in [4.78, 5) is 14.6. The average Bonchev–Trinajstić information content (AvgIpc) is 2.78. The van der Waals surface area contributed by atoms with Gasteiger partial charge in [0.15, 0.2) is 5.16 Å². The van der Waals surface area contributed by atoms with Crippen molar-refractivity contribution in [2.24, 2.45) is 0 Å². The van der Waals surface area contributed by atoms with Crippen LogP contribution in [0.3, 0.4) is 0 Å². The molecule has 2 aromatic rings. The van der Waals surface area contributed by atoms with Crippen molar-refractivity contribution in [3.05, 3.63) is 40.9 Å². The molecule has 0 unspecified atom stereocenters. The van der Waals surface area contributed by atoms with Crippen LogP contribution in [-0.2, 0) is 4.79 Å². The molecule has 0 saturated carbocycles. The molecular formula is C11H8BrFN2O2S. The first-order valence-corrected chi connectivity index (χ1v) is 6.69. The maximum Gasteiger partial charge on any atom is 0.313 e. The first kappa shape index (κ1) is 13.1. The first-order chi connectivity index (χ1) is 8.58. The van der Waals surface area contributed by atoms with Crippen molar-refractivity contribution >= 4 is 33.7 Å². The second-order valence-corrected chi connectivity index (χ2v) is 5.16. The Balaban J connectivity index is 2.30. The van der Waals surface area contributed by atoms with Crippen molar-refractivity contribution in [2.75, 3.05) is 5.75 Å². The van der Waals surface area contributed by atoms with E-state index in [0.29, 0.717) is 15.3 Å². The molecule has 0 amide bonds. The minimum Gasteiger partial charge on any atom is -0.481 e. The van der Waals surface area contributed by atoms with Crippen molar-refractivity contribution in [3.8, 4) is 5.69 Å². The minimum atomic E-state index is -0.920. The number of carbonyl (C=O) groups is 1. The Morgan fingerprint density at radius 1 is 1.56 bits per heavy atom. The zero-order valence-electron chi connectivity index (χ0n) is 9.01. The third kappa shape index (κ3) is 2.91. The number of nitrogens with zero attached hydrogens (tertiary/aromatic N) is 2. The highest BCUT2D eigenvalue weighted by atomic mass is 79.9. The molecule has 1 N–H and O–H groups in total. The molecule has 0 atom stereocenters. The van der Waals surface area contributed by atoms with Gasteiger partial charge in [0, 0.05) is 12.4 Å². The lowest BCUT2D eigenvalue weighted by molar-refractivity contribution is -0.133. The highest BCUT2D eigenvalue weighted by Gasteiger charge is 2.09. The fourth-order valence-corrected chi connectivity index (χ4v) is 2.29. The van der Waals surface area contributed by atoms with E-state index in [1.807, 2.05) is 0 Å². The topological polar surface area (TPSA) is 55.1 Å². The molecule has 0 radical (unpaired) electrons. The van der Waals surface area contributed by atoms with Gasteiger partial charge in [-0.3, -0.25) is 9.36 Å². The van der Waals surface area contributed by atoms with Crippen LogP contribution in [0.4, 0.5) is 4.39 Å². The zero-order valence-corrected chi connectivity index (χ0v) is 11.4. The molecule has 1 aromatic carbocycles. The van der Waals surface area contributed by atoms with Gasteiger partial charge in [0.1, 0.15) is 5.82 Å². The number of thioether (sulfide) groups is 1. The van der Waals surface area contributed by atoms with Gasteiger partial charge in [0.25, 0.3) is 0 Å². The van der Waals surface area contributed by atoms with E-state index >= 15 is 0 Å². The van der Waals surface area contributed by atoms with Crippen LogP contribution in [0.2, 0.25) is 0 Å². The second-order valence-electron chi connectivity index (χ2n) is 3.36. The van der Waals surface area contributed by atoms with Crippen molar-refractivity contribution in [1.82, 2.24) is 9.55 Å². The predicted molar refractivity (Wildman–Crippen MR) is 69.6 cm³/mol. The Bertz CT molecular complexity index is 588. The number of hydrogen-bond donors (Lipinski definition) is 1. The number of imidazole rings is 1. The number of aliphatic carboxylic acids is 1. The summed E-state index contributed by atoms with van der Waals surface area (Å²) < 4.78 is 15.5. The monoisotopic (exact) mass is 330 g/mol. The highest BCUT2D eigenvalue weighted by Crippen LogP contribution is 2.23. The van der Waals surface area contributed by atoms with Crippen molar-refractivity contribution in [3.63, 3.8) is 0 Å². The van der Waals surface area contributed by atoms with Gasteiger partial charge in [-0.2, -0.15) is 0 Å². The van der Waals surface area contributed by atoms with Gasteiger partial charge < -0.3 is 5.11 Å². The third-order valence-electron chi connectivity index (χ3n) is 2.11. The van der Waals surface area contributed by atoms with E-state index in [0.717, 1.165) is 11.8 Å². The Kier molecular flexibility index (Phi) is 4.03. The van der Waals surface area contributed by atoms with E-state index in [2.05, 4.69) is 20.9 Å². The van der Waals surface area contributed by atoms with E-state index in [4.69, 9.17) is 5.11 Å². The fourth-order valence-electron chi connectivity index (χ4n) is 1.35. The quantitative estimate of drug-likeness (QED) is 0.875. The lowest BCUT2D eigenvalue weighted by atomic mass is 10.3. The summed E-state index contributed by atoms with van der Waals surface area (Å²) in [5, 5.41) is 9.14. The number of benzene rings is 1. The van der Waals surface area contributed by atoms with E-state index in [-0.39, 0.29) is 11.6 Å². The maximum atomic E-state index is 13.4. The van der Waals surface area contributed by atoms with Crippen LogP contribution < -0.4 is 0 Å². The molecule has 0 spiro atoms. The van der Waals surface area contributed by atoms with E-state index < -0.39 is 5.97 Å². The molecule has 1 heterocycles. The van der Waals surface area contributed by atoms with Gasteiger partial charge in [-0.05, 0) is 34.1 Å². The number of carboxylic acid groups (broad SMARTS) is 1. The average molecular weight is 331 g/mol. The maximum absolute atomic E-state index is 13.4. The number of rotatable bonds is 4. The normalized spacial score (nSPS) is 10.6. The van der Waals surface area contributed by atoms with Crippen LogP contribution in [0, 0.1) is 5.82 Å². The molecule has 7 heteroatoms. The zero-order chi connectivity index (χ0) is 13.1. The molecule has 1 aromatic heterocycles. The van der Waals surface area contributed by atoms with E-state index in [9.17, 15) is 9.18 Å². The van der Waals surface area contributed by atoms with Gasteiger partial charge in [-0.25, -0.2) is 9.37 Å². The second kappa shape index (κ2) is 5.53. The minimum absolute atomic E-state index is 0.0873. The Hall–Kier alpha value is -1.34. The summed E-state index contributed by atoms with van der Waals surface area (Å²) in [6.07, 6.45) is 3.21. The summed E-state index contributed by atoms with van der Waals surface area (Å²) in [5.74, 6) is -1.39. The number of carboxylic acids is 1. The summed E-state index contributed by atoms with van der Waals surface area (Å²) >= 11 is 4.16. The summed E-state index contributed by atoms with van der Waals surface area (Å²) in [5.41, 5.74) is 0.598. The molecule has 0 aliphatic heterocycles. The van der Waals surface area contributed by atoms with Crippen LogP contribution >= 0.6 is 27.7 Å². The van der Waals surface area contributed by atoms with Crippen molar-refractivity contribution in [2.45, 2.75) is 5.16 Å². The standard InChI is InChI=1S/C11H8BrFN2O2S/c12-8-2-1-7(5-9(8)13)15-4-3-14-11(15)18-6-10(16)17/h1-5H,6H2,(H,16,17). The van der Waals surface area contributed by atoms with E-state index in [1.54, 1.807) is 29.1 Å². The molecule has 0 aliphatic rings. The van der Waals surface area contributed by atoms with Gasteiger partial charge in [-0.15, -0.1) is 0 Å². The SMILES string of the molecule is O=C(O)CSc1nccn1-c1ccc(Br)c(F)c1. The van der Waals surface area contributed by atoms with Gasteiger partial charge in [0.05, 0.1) is 15.9 Å². The number of aromatic nitrogens is 2. The number of halogens is 2. The molecule has 0 aliphatic carbocycles. The fraction of sp³-hybridized carbons (Fsp3) is 0.0909. The molecule has 94 valence electrons. The van der Waals surface area contributed by atoms with Gasteiger partial charge >= 0.3 is 5.97 Å². The van der Waals surface area contributed by atoms with Crippen LogP contribution in [0.1, 0.15) is 0 Å². The Morgan fingerprint density at radius 2 is 2.33 bits per heavy atom. The van der Waals surface area contributed by atoms with Crippen molar-refractivity contribution < 1.29 is 14.3 Å². The lowest BCUT2D eigenvalue weighted by Crippen LogP contribution is -2.01. The molecule has 2 rings (SSSR count). The van der Waals surface area contributed by atoms with Crippen LogP contribution in [0.25, 0.3) is 5.69 Å². The van der Waals surface area contributed by atoms with Crippen molar-refractivity contribution in [1.29, 1.82) is 0 Å². The van der Waals surface area contributed by atoms with E-state index in [1.165, 1.54) is 6.07 Å². The summed E-state index contributed by atoms with van der Waals surface area (Å²) in [6, 6.07) is 4.67. The van der Waals surface area contributed by atoms with Gasteiger partial charge in [-0.1, -0.05) is 11.8 Å². The van der Waals surface area contributed by atoms with Crippen LogP contribution in [-0.4, -0.2) is 26.4 Å². The molecule has 0 fully saturated rings.